The predicted octanol–water partition coefficient (Wildman–Crippen LogP) is 5.32. The van der Waals surface area contributed by atoms with Gasteiger partial charge in [-0.2, -0.15) is 13.2 Å². The molecule has 3 N–H and O–H groups in total. The Morgan fingerprint density at radius 3 is 2.38 bits per heavy atom. The highest BCUT2D eigenvalue weighted by atomic mass is 19.4. The van der Waals surface area contributed by atoms with Crippen molar-refractivity contribution in [3.05, 3.63) is 59.7 Å². The molecule has 0 unspecified atom stereocenters. The van der Waals surface area contributed by atoms with Crippen LogP contribution in [-0.4, -0.2) is 34.7 Å². The second kappa shape index (κ2) is 9.17. The van der Waals surface area contributed by atoms with Crippen molar-refractivity contribution in [3.63, 3.8) is 0 Å². The molecule has 0 bridgehead atoms. The van der Waals surface area contributed by atoms with Gasteiger partial charge in [0.05, 0.1) is 5.56 Å². The quantitative estimate of drug-likeness (QED) is 0.542. The lowest BCUT2D eigenvalue weighted by Crippen LogP contribution is -2.47. The van der Waals surface area contributed by atoms with E-state index in [4.69, 9.17) is 0 Å². The summed E-state index contributed by atoms with van der Waals surface area (Å²) in [5.74, 6) is 0. The van der Waals surface area contributed by atoms with Crippen LogP contribution in [0, 0.1) is 0 Å². The van der Waals surface area contributed by atoms with Gasteiger partial charge in [0.1, 0.15) is 0 Å². The van der Waals surface area contributed by atoms with Crippen molar-refractivity contribution < 1.29 is 23.1 Å². The molecule has 0 spiro atoms. The maximum absolute atomic E-state index is 12.9. The summed E-state index contributed by atoms with van der Waals surface area (Å²) in [6.45, 7) is 6.70. The minimum absolute atomic E-state index is 0.321. The molecule has 0 aliphatic carbocycles. The first-order valence-electron chi connectivity index (χ1n) is 9.22. The highest BCUT2D eigenvalue weighted by Gasteiger charge is 2.30. The maximum Gasteiger partial charge on any atom is 0.416 e. The van der Waals surface area contributed by atoms with Gasteiger partial charge in [-0.3, -0.25) is 0 Å². The summed E-state index contributed by atoms with van der Waals surface area (Å²) in [5, 5.41) is 15.5. The van der Waals surface area contributed by atoms with Crippen LogP contribution in [0.5, 0.6) is 0 Å². The fourth-order valence-electron chi connectivity index (χ4n) is 2.86. The normalized spacial score (nSPS) is 11.9. The number of nitrogens with one attached hydrogen (secondary N) is 2. The van der Waals surface area contributed by atoms with Gasteiger partial charge in [-0.15, -0.1) is 0 Å². The molecule has 1 amide bonds. The highest BCUT2D eigenvalue weighted by Crippen LogP contribution is 2.31. The van der Waals surface area contributed by atoms with Gasteiger partial charge in [0.2, 0.25) is 0 Å². The molecule has 0 aromatic heterocycles. The molecule has 0 saturated heterocycles. The number of hydrogen-bond acceptors (Lipinski definition) is 3. The molecule has 5 nitrogen and oxygen atoms in total. The molecule has 0 heterocycles. The summed E-state index contributed by atoms with van der Waals surface area (Å²) in [4.78, 5) is 12.7. The summed E-state index contributed by atoms with van der Waals surface area (Å²) in [6, 6.07) is 12.3. The summed E-state index contributed by atoms with van der Waals surface area (Å²) in [5.41, 5.74) is 0.676. The molecular formula is C21H26F3N3O2. The molecule has 2 aromatic carbocycles. The Balaban J connectivity index is 2.02. The van der Waals surface area contributed by atoms with E-state index in [1.165, 1.54) is 11.0 Å². The monoisotopic (exact) mass is 409 g/mol. The number of nitrogens with zero attached hydrogens (tertiary/aromatic N) is 1. The van der Waals surface area contributed by atoms with Crippen LogP contribution in [-0.2, 0) is 12.7 Å². The van der Waals surface area contributed by atoms with Crippen molar-refractivity contribution in [1.82, 2.24) is 10.2 Å². The number of hydrogen-bond donors (Lipinski definition) is 3. The van der Waals surface area contributed by atoms with Gasteiger partial charge in [0, 0.05) is 36.5 Å². The molecule has 0 aliphatic heterocycles. The molecule has 2 rings (SSSR count). The van der Waals surface area contributed by atoms with Gasteiger partial charge in [-0.25, -0.2) is 4.79 Å². The molecule has 0 aliphatic rings. The van der Waals surface area contributed by atoms with E-state index in [0.29, 0.717) is 31.0 Å². The molecule has 158 valence electrons. The van der Waals surface area contributed by atoms with Gasteiger partial charge in [-0.05, 0) is 50.6 Å². The number of amides is 1. The van der Waals surface area contributed by atoms with Crippen LogP contribution in [0.2, 0.25) is 0 Å². The summed E-state index contributed by atoms with van der Waals surface area (Å²) >= 11 is 0. The van der Waals surface area contributed by atoms with Gasteiger partial charge in [0.25, 0.3) is 0 Å². The van der Waals surface area contributed by atoms with E-state index in [0.717, 1.165) is 17.7 Å². The van der Waals surface area contributed by atoms with Crippen LogP contribution in [0.1, 0.15) is 31.9 Å². The lowest BCUT2D eigenvalue weighted by atomic mass is 10.1. The number of carbonyl (C=O) groups is 1. The summed E-state index contributed by atoms with van der Waals surface area (Å²) in [6.07, 6.45) is -5.38. The van der Waals surface area contributed by atoms with E-state index >= 15 is 0 Å². The third kappa shape index (κ3) is 6.67. The zero-order valence-corrected chi connectivity index (χ0v) is 16.7. The molecular weight excluding hydrogens is 383 g/mol. The third-order valence-electron chi connectivity index (χ3n) is 4.35. The Hall–Kier alpha value is -2.74. The second-order valence-electron chi connectivity index (χ2n) is 7.64. The molecule has 8 heteroatoms. The third-order valence-corrected chi connectivity index (χ3v) is 4.35. The van der Waals surface area contributed by atoms with E-state index in [1.807, 2.05) is 32.9 Å². The lowest BCUT2D eigenvalue weighted by Gasteiger charge is -2.33. The highest BCUT2D eigenvalue weighted by molar-refractivity contribution is 5.66. The second-order valence-corrected chi connectivity index (χ2v) is 7.64. The van der Waals surface area contributed by atoms with Gasteiger partial charge >= 0.3 is 12.3 Å². The Kier molecular flexibility index (Phi) is 7.13. The van der Waals surface area contributed by atoms with Crippen LogP contribution < -0.4 is 10.6 Å². The van der Waals surface area contributed by atoms with Crippen LogP contribution in [0.15, 0.2) is 48.5 Å². The minimum Gasteiger partial charge on any atom is -0.465 e. The molecule has 0 saturated carbocycles. The van der Waals surface area contributed by atoms with Gasteiger partial charge in [0.15, 0.2) is 0 Å². The topological polar surface area (TPSA) is 64.6 Å². The number of alkyl halides is 3. The zero-order chi connectivity index (χ0) is 21.7. The fraction of sp³-hybridized carbons (Fsp3) is 0.381. The number of rotatable bonds is 7. The molecule has 0 radical (unpaired) electrons. The zero-order valence-electron chi connectivity index (χ0n) is 16.7. The Labute approximate surface area is 168 Å². The number of para-hydroxylation sites is 1. The Bertz CT molecular complexity index is 832. The maximum atomic E-state index is 12.9. The smallest absolute Gasteiger partial charge is 0.416 e. The van der Waals surface area contributed by atoms with E-state index in [1.54, 1.807) is 18.2 Å². The molecule has 2 aromatic rings. The molecule has 29 heavy (non-hydrogen) atoms. The van der Waals surface area contributed by atoms with E-state index < -0.39 is 23.4 Å². The average molecular weight is 409 g/mol. The Morgan fingerprint density at radius 2 is 1.76 bits per heavy atom. The van der Waals surface area contributed by atoms with Crippen LogP contribution >= 0.6 is 0 Å². The van der Waals surface area contributed by atoms with Crippen molar-refractivity contribution >= 4 is 17.5 Å². The van der Waals surface area contributed by atoms with Crippen molar-refractivity contribution in [3.8, 4) is 0 Å². The first kappa shape index (κ1) is 22.5. The van der Waals surface area contributed by atoms with Gasteiger partial charge < -0.3 is 20.6 Å². The molecule has 0 atom stereocenters. The van der Waals surface area contributed by atoms with E-state index in [-0.39, 0.29) is 0 Å². The first-order chi connectivity index (χ1) is 13.5. The van der Waals surface area contributed by atoms with Crippen molar-refractivity contribution in [2.75, 3.05) is 18.4 Å². The largest absolute Gasteiger partial charge is 0.465 e. The number of halogens is 3. The standard InChI is InChI=1S/C21H26F3N3O2/c1-20(2,3)27(19(28)29)12-11-25-14-15-7-4-5-10-18(15)26-17-9-6-8-16(13-17)21(22,23)24/h4-10,13,25-26H,11-12,14H2,1-3H3,(H,28,29). The van der Waals surface area contributed by atoms with E-state index in [2.05, 4.69) is 10.6 Å². The average Bonchev–Trinajstić information content (AvgIpc) is 2.61. The number of carboxylic acid groups (broad SMARTS) is 1. The number of benzene rings is 2. The van der Waals surface area contributed by atoms with Crippen molar-refractivity contribution in [2.45, 2.75) is 39.0 Å². The van der Waals surface area contributed by atoms with E-state index in [9.17, 15) is 23.1 Å². The van der Waals surface area contributed by atoms with Crippen molar-refractivity contribution in [1.29, 1.82) is 0 Å². The van der Waals surface area contributed by atoms with Crippen molar-refractivity contribution in [2.24, 2.45) is 0 Å². The first-order valence-corrected chi connectivity index (χ1v) is 9.22. The SMILES string of the molecule is CC(C)(C)N(CCNCc1ccccc1Nc1cccc(C(F)(F)F)c1)C(=O)O. The Morgan fingerprint density at radius 1 is 1.07 bits per heavy atom. The summed E-state index contributed by atoms with van der Waals surface area (Å²) < 4.78 is 38.7. The van der Waals surface area contributed by atoms with Gasteiger partial charge in [-0.1, -0.05) is 24.3 Å². The number of anilines is 2. The van der Waals surface area contributed by atoms with Crippen LogP contribution in [0.3, 0.4) is 0 Å². The van der Waals surface area contributed by atoms with Crippen LogP contribution in [0.4, 0.5) is 29.3 Å². The lowest BCUT2D eigenvalue weighted by molar-refractivity contribution is -0.137. The van der Waals surface area contributed by atoms with Crippen LogP contribution in [0.25, 0.3) is 0 Å². The fourth-order valence-corrected chi connectivity index (χ4v) is 2.86. The minimum atomic E-state index is -4.40. The molecule has 0 fully saturated rings. The predicted molar refractivity (Wildman–Crippen MR) is 107 cm³/mol. The summed E-state index contributed by atoms with van der Waals surface area (Å²) in [7, 11) is 0.